The third kappa shape index (κ3) is 6.89. The molecular formula is C38H42Cl2F4N6O9. The van der Waals surface area contributed by atoms with E-state index in [9.17, 15) is 38.2 Å². The zero-order chi connectivity index (χ0) is 39.9. The van der Waals surface area contributed by atoms with E-state index in [4.69, 9.17) is 34.7 Å². The average Bonchev–Trinajstić information content (AvgIpc) is 3.98. The zero-order valence-corrected chi connectivity index (χ0v) is 32.6. The number of carbonyl (C=O) groups is 2. The maximum atomic E-state index is 15.0. The van der Waals surface area contributed by atoms with E-state index in [2.05, 4.69) is 0 Å². The number of fused-ring (bicyclic) bond motifs is 2. The monoisotopic (exact) mass is 872 g/mol. The van der Waals surface area contributed by atoms with Crippen molar-refractivity contribution in [3.8, 4) is 0 Å². The van der Waals surface area contributed by atoms with Crippen molar-refractivity contribution in [1.29, 1.82) is 0 Å². The Bertz CT molecular complexity index is 2380. The van der Waals surface area contributed by atoms with E-state index in [0.29, 0.717) is 26.2 Å². The van der Waals surface area contributed by atoms with E-state index in [1.165, 1.54) is 9.13 Å². The first-order valence-electron chi connectivity index (χ1n) is 18.4. The summed E-state index contributed by atoms with van der Waals surface area (Å²) in [4.78, 5) is 51.7. The summed E-state index contributed by atoms with van der Waals surface area (Å²) in [6.07, 6.45) is 4.22. The fourth-order valence-electron chi connectivity index (χ4n) is 8.86. The van der Waals surface area contributed by atoms with Gasteiger partial charge in [-0.1, -0.05) is 23.2 Å². The molecule has 4 saturated carbocycles. The van der Waals surface area contributed by atoms with Crippen molar-refractivity contribution in [2.75, 3.05) is 36.0 Å². The molecule has 2 spiro atoms. The zero-order valence-electron chi connectivity index (χ0n) is 31.1. The molecule has 4 aromatic rings. The highest BCUT2D eigenvalue weighted by atomic mass is 35.5. The number of nitrogens with two attached hydrogens (primary N) is 2. The highest BCUT2D eigenvalue weighted by Crippen LogP contribution is 2.55. The normalized spacial score (nSPS) is 26.2. The van der Waals surface area contributed by atoms with E-state index in [-0.39, 0.29) is 95.4 Å². The summed E-state index contributed by atoms with van der Waals surface area (Å²) in [6.45, 7) is 2.02. The number of aromatic carboxylic acids is 2. The van der Waals surface area contributed by atoms with Crippen molar-refractivity contribution in [2.45, 2.75) is 75.0 Å². The lowest BCUT2D eigenvalue weighted by Gasteiger charge is -2.23. The second-order valence-corrected chi connectivity index (χ2v) is 17.1. The van der Waals surface area contributed by atoms with Crippen LogP contribution in [0.3, 0.4) is 0 Å². The Kier molecular flexibility index (Phi) is 11.1. The summed E-state index contributed by atoms with van der Waals surface area (Å²) < 4.78 is 60.4. The van der Waals surface area contributed by atoms with E-state index in [0.717, 1.165) is 50.2 Å². The smallest absolute Gasteiger partial charge is 0.341 e. The van der Waals surface area contributed by atoms with Crippen LogP contribution in [-0.2, 0) is 0 Å². The van der Waals surface area contributed by atoms with Gasteiger partial charge in [0, 0.05) is 74.3 Å². The first kappa shape index (κ1) is 44.1. The molecule has 0 radical (unpaired) electrons. The van der Waals surface area contributed by atoms with Crippen molar-refractivity contribution in [3.05, 3.63) is 77.8 Å². The van der Waals surface area contributed by atoms with Crippen LogP contribution < -0.4 is 32.1 Å². The van der Waals surface area contributed by atoms with Gasteiger partial charge in [-0.15, -0.1) is 0 Å². The maximum Gasteiger partial charge on any atom is 0.341 e. The van der Waals surface area contributed by atoms with Crippen LogP contribution in [0.4, 0.5) is 28.9 Å². The van der Waals surface area contributed by atoms with Crippen molar-refractivity contribution < 1.29 is 53.8 Å². The Balaban J connectivity index is 0.000000189. The van der Waals surface area contributed by atoms with Crippen LogP contribution in [0.1, 0.15) is 71.3 Å². The molecule has 4 heterocycles. The van der Waals surface area contributed by atoms with Crippen molar-refractivity contribution in [2.24, 2.45) is 22.3 Å². The molecule has 4 aliphatic carbocycles. The molecule has 2 aromatic carbocycles. The molecule has 0 amide bonds. The van der Waals surface area contributed by atoms with Gasteiger partial charge in [-0.3, -0.25) is 9.59 Å². The SMILES string of the molecule is N[C@@H]1CN(c2c(F)cc3c(=O)c(C(=O)O)cn([C@@H]4C[C@@H]4F)c3c2Cl)CC12CC2.N[C@@H]1CN(c2c(F)cc3c(=O)c(C(=O)O)cn([C@@H]4C[C@@H]4F)c3c2Cl)CC12CC2.O.O.O. The number of hydrogen-bond donors (Lipinski definition) is 4. The molecule has 10 rings (SSSR count). The molecule has 15 nitrogen and oxygen atoms in total. The highest BCUT2D eigenvalue weighted by molar-refractivity contribution is 6.38. The van der Waals surface area contributed by atoms with Gasteiger partial charge in [0.05, 0.1) is 55.3 Å². The van der Waals surface area contributed by atoms with Crippen molar-refractivity contribution >= 4 is 68.3 Å². The molecule has 2 saturated heterocycles. The third-order valence-corrected chi connectivity index (χ3v) is 13.5. The minimum atomic E-state index is -1.45. The predicted molar refractivity (Wildman–Crippen MR) is 212 cm³/mol. The van der Waals surface area contributed by atoms with Crippen LogP contribution >= 0.6 is 23.2 Å². The molecule has 12 N–H and O–H groups in total. The third-order valence-electron chi connectivity index (χ3n) is 12.7. The average molecular weight is 874 g/mol. The number of carboxylic acids is 2. The molecule has 6 fully saturated rings. The summed E-state index contributed by atoms with van der Waals surface area (Å²) in [5.74, 6) is -4.31. The van der Waals surface area contributed by atoms with E-state index in [1.54, 1.807) is 9.80 Å². The molecule has 2 aromatic heterocycles. The number of aromatic nitrogens is 2. The largest absolute Gasteiger partial charge is 0.477 e. The molecule has 0 unspecified atom stereocenters. The standard InChI is InChI=1S/2C19H18ClF2N3O3.3H2O/c2*20-14-15-8(17(26)9(18(27)28)5-25(15)12-4-10(12)21)3-11(22)16(14)24-6-13(23)19(7-24)1-2-19;;;/h2*3,5,10,12-13H,1-2,4,6-7,23H2,(H,27,28);3*1H2/t2*10-,12+,13+;;;/m00.../s1. The number of hydrogen-bond acceptors (Lipinski definition) is 8. The van der Waals surface area contributed by atoms with Crippen LogP contribution in [0.5, 0.6) is 0 Å². The van der Waals surface area contributed by atoms with Crippen LogP contribution in [0.15, 0.2) is 34.1 Å². The van der Waals surface area contributed by atoms with Gasteiger partial charge in [0.1, 0.15) is 35.1 Å². The van der Waals surface area contributed by atoms with Crippen LogP contribution in [0, 0.1) is 22.5 Å². The van der Waals surface area contributed by atoms with Gasteiger partial charge in [0.15, 0.2) is 0 Å². The predicted octanol–water partition coefficient (Wildman–Crippen LogP) is 2.93. The van der Waals surface area contributed by atoms with Gasteiger partial charge in [-0.25, -0.2) is 27.2 Å². The molecule has 2 aliphatic heterocycles. The Hall–Kier alpha value is -4.50. The quantitative estimate of drug-likeness (QED) is 0.206. The number of anilines is 2. The van der Waals surface area contributed by atoms with Gasteiger partial charge in [0.25, 0.3) is 0 Å². The fourth-order valence-corrected chi connectivity index (χ4v) is 9.67. The van der Waals surface area contributed by atoms with E-state index < -0.39 is 70.0 Å². The molecule has 59 heavy (non-hydrogen) atoms. The topological polar surface area (TPSA) is 272 Å². The summed E-state index contributed by atoms with van der Waals surface area (Å²) in [5.41, 5.74) is 10.3. The van der Waals surface area contributed by atoms with E-state index >= 15 is 8.78 Å². The molecule has 21 heteroatoms. The first-order valence-corrected chi connectivity index (χ1v) is 19.1. The summed E-state index contributed by atoms with van der Waals surface area (Å²) >= 11 is 13.1. The number of pyridine rings is 2. The number of nitrogens with zero attached hydrogens (tertiary/aromatic N) is 4. The Morgan fingerprint density at radius 1 is 0.678 bits per heavy atom. The number of rotatable bonds is 6. The van der Waals surface area contributed by atoms with Gasteiger partial charge in [-0.2, -0.15) is 0 Å². The Morgan fingerprint density at radius 3 is 1.25 bits per heavy atom. The second kappa shape index (κ2) is 14.9. The maximum absolute atomic E-state index is 15.0. The van der Waals surface area contributed by atoms with Crippen LogP contribution in [0.2, 0.25) is 10.0 Å². The van der Waals surface area contributed by atoms with Gasteiger partial charge in [0.2, 0.25) is 10.9 Å². The minimum absolute atomic E-state index is 0. The summed E-state index contributed by atoms with van der Waals surface area (Å²) in [5, 5.41) is 18.3. The van der Waals surface area contributed by atoms with Crippen LogP contribution in [-0.4, -0.2) is 98.3 Å². The molecule has 320 valence electrons. The summed E-state index contributed by atoms with van der Waals surface area (Å²) in [6, 6.07) is 0.616. The molecule has 6 atom stereocenters. The Morgan fingerprint density at radius 2 is 1.00 bits per heavy atom. The number of alkyl halides is 2. The Labute approximate surface area is 341 Å². The van der Waals surface area contributed by atoms with Crippen LogP contribution in [0.25, 0.3) is 21.8 Å². The van der Waals surface area contributed by atoms with Gasteiger partial charge < -0.3 is 57.0 Å². The summed E-state index contributed by atoms with van der Waals surface area (Å²) in [7, 11) is 0. The number of benzene rings is 2. The molecule has 6 aliphatic rings. The highest BCUT2D eigenvalue weighted by Gasteiger charge is 2.55. The van der Waals surface area contributed by atoms with Gasteiger partial charge >= 0.3 is 11.9 Å². The van der Waals surface area contributed by atoms with Crippen molar-refractivity contribution in [3.63, 3.8) is 0 Å². The molecule has 0 bridgehead atoms. The lowest BCUT2D eigenvalue weighted by atomic mass is 10.0. The minimum Gasteiger partial charge on any atom is -0.477 e. The number of halogens is 6. The van der Waals surface area contributed by atoms with E-state index in [1.807, 2.05) is 0 Å². The van der Waals surface area contributed by atoms with Gasteiger partial charge in [-0.05, 0) is 37.8 Å². The molecular weight excluding hydrogens is 831 g/mol. The lowest BCUT2D eigenvalue weighted by molar-refractivity contribution is 0.0684. The van der Waals surface area contributed by atoms with Crippen molar-refractivity contribution in [1.82, 2.24) is 9.13 Å². The lowest BCUT2D eigenvalue weighted by Crippen LogP contribution is -2.30. The number of carboxylic acid groups (broad SMARTS) is 2. The first-order chi connectivity index (χ1) is 26.5. The second-order valence-electron chi connectivity index (χ2n) is 16.3. The fraction of sp³-hybridized carbons (Fsp3) is 0.474.